The first-order chi connectivity index (χ1) is 14.5. The van der Waals surface area contributed by atoms with Gasteiger partial charge in [-0.3, -0.25) is 10.1 Å². The van der Waals surface area contributed by atoms with E-state index in [0.717, 1.165) is 5.56 Å². The molecule has 0 aliphatic carbocycles. The van der Waals surface area contributed by atoms with E-state index in [9.17, 15) is 9.59 Å². The van der Waals surface area contributed by atoms with Crippen LogP contribution in [0.2, 0.25) is 5.02 Å². The Balaban J connectivity index is 1.69. The van der Waals surface area contributed by atoms with Gasteiger partial charge >= 0.3 is 5.97 Å². The van der Waals surface area contributed by atoms with E-state index < -0.39 is 5.97 Å². The number of halogens is 1. The number of anilines is 1. The van der Waals surface area contributed by atoms with Gasteiger partial charge in [0.25, 0.3) is 5.91 Å². The zero-order valence-electron chi connectivity index (χ0n) is 16.0. The quantitative estimate of drug-likeness (QED) is 0.442. The van der Waals surface area contributed by atoms with Crippen molar-refractivity contribution in [1.29, 1.82) is 0 Å². The van der Waals surface area contributed by atoms with Crippen LogP contribution in [0.15, 0.2) is 54.6 Å². The number of rotatable bonds is 6. The smallest absolute Gasteiger partial charge is 0.360 e. The van der Waals surface area contributed by atoms with Gasteiger partial charge in [0.1, 0.15) is 4.70 Å². The molecule has 7 nitrogen and oxygen atoms in total. The van der Waals surface area contributed by atoms with Crippen molar-refractivity contribution in [3.05, 3.63) is 76.4 Å². The van der Waals surface area contributed by atoms with E-state index >= 15 is 0 Å². The summed E-state index contributed by atoms with van der Waals surface area (Å²) in [6, 6.07) is 16.4. The molecule has 0 saturated carbocycles. The Kier molecular flexibility index (Phi) is 5.78. The van der Waals surface area contributed by atoms with E-state index in [1.165, 1.54) is 11.3 Å². The Morgan fingerprint density at radius 3 is 2.70 bits per heavy atom. The molecule has 30 heavy (non-hydrogen) atoms. The van der Waals surface area contributed by atoms with Crippen molar-refractivity contribution in [3.63, 3.8) is 0 Å². The third-order valence-corrected chi connectivity index (χ3v) is 5.44. The van der Waals surface area contributed by atoms with E-state index in [0.29, 0.717) is 32.6 Å². The third-order valence-electron chi connectivity index (χ3n) is 4.24. The molecule has 152 valence electrons. The molecular weight excluding hydrogens is 424 g/mol. The van der Waals surface area contributed by atoms with Crippen LogP contribution in [0.4, 0.5) is 5.13 Å². The van der Waals surface area contributed by atoms with Crippen molar-refractivity contribution in [2.45, 2.75) is 13.5 Å². The van der Waals surface area contributed by atoms with Crippen molar-refractivity contribution in [3.8, 4) is 0 Å². The van der Waals surface area contributed by atoms with Gasteiger partial charge in [0.2, 0.25) is 0 Å². The SMILES string of the molecule is CCOC(=O)c1nn(Cc2ccccc2)c2nc(NC(=O)c3cccc(Cl)c3)sc12. The van der Waals surface area contributed by atoms with E-state index in [1.54, 1.807) is 35.9 Å². The molecule has 0 atom stereocenters. The van der Waals surface area contributed by atoms with Gasteiger partial charge in [0.15, 0.2) is 16.5 Å². The topological polar surface area (TPSA) is 86.1 Å². The van der Waals surface area contributed by atoms with Crippen molar-refractivity contribution in [1.82, 2.24) is 14.8 Å². The number of ether oxygens (including phenoxy) is 1. The molecule has 0 aliphatic rings. The largest absolute Gasteiger partial charge is 0.461 e. The monoisotopic (exact) mass is 440 g/mol. The second-order valence-corrected chi connectivity index (χ2v) is 7.78. The maximum Gasteiger partial charge on any atom is 0.360 e. The van der Waals surface area contributed by atoms with Crippen LogP contribution in [-0.4, -0.2) is 33.2 Å². The van der Waals surface area contributed by atoms with Gasteiger partial charge in [-0.05, 0) is 30.7 Å². The molecule has 4 aromatic rings. The molecule has 0 aliphatic heterocycles. The molecule has 0 radical (unpaired) electrons. The summed E-state index contributed by atoms with van der Waals surface area (Å²) in [5, 5.41) is 8.01. The second-order valence-electron chi connectivity index (χ2n) is 6.35. The predicted octanol–water partition coefficient (Wildman–Crippen LogP) is 4.62. The maximum atomic E-state index is 12.5. The molecule has 2 aromatic heterocycles. The van der Waals surface area contributed by atoms with E-state index in [4.69, 9.17) is 16.3 Å². The molecule has 4 rings (SSSR count). The van der Waals surface area contributed by atoms with Crippen LogP contribution in [-0.2, 0) is 11.3 Å². The summed E-state index contributed by atoms with van der Waals surface area (Å²) < 4.78 is 7.34. The van der Waals surface area contributed by atoms with Gasteiger partial charge in [-0.1, -0.05) is 59.3 Å². The van der Waals surface area contributed by atoms with Gasteiger partial charge in [-0.2, -0.15) is 10.1 Å². The normalized spacial score (nSPS) is 10.9. The molecule has 1 N–H and O–H groups in total. The van der Waals surface area contributed by atoms with Crippen molar-refractivity contribution in [2.24, 2.45) is 0 Å². The molecule has 2 aromatic carbocycles. The van der Waals surface area contributed by atoms with E-state index in [2.05, 4.69) is 15.4 Å². The third kappa shape index (κ3) is 4.19. The summed E-state index contributed by atoms with van der Waals surface area (Å²) in [7, 11) is 0. The predicted molar refractivity (Wildman–Crippen MR) is 116 cm³/mol. The number of benzene rings is 2. The molecular formula is C21H17ClN4O3S. The average Bonchev–Trinajstić information content (AvgIpc) is 3.28. The van der Waals surface area contributed by atoms with Crippen LogP contribution in [0.3, 0.4) is 0 Å². The van der Waals surface area contributed by atoms with Gasteiger partial charge in [0.05, 0.1) is 13.2 Å². The summed E-state index contributed by atoms with van der Waals surface area (Å²) >= 11 is 7.14. The summed E-state index contributed by atoms with van der Waals surface area (Å²) in [5.41, 5.74) is 2.12. The number of fused-ring (bicyclic) bond motifs is 1. The Morgan fingerprint density at radius 1 is 1.17 bits per heavy atom. The minimum atomic E-state index is -0.523. The minimum Gasteiger partial charge on any atom is -0.461 e. The number of carbonyl (C=O) groups is 2. The second kappa shape index (κ2) is 8.64. The summed E-state index contributed by atoms with van der Waals surface area (Å²) in [6.07, 6.45) is 0. The molecule has 0 fully saturated rings. The summed E-state index contributed by atoms with van der Waals surface area (Å²) in [5.74, 6) is -0.861. The van der Waals surface area contributed by atoms with E-state index in [1.807, 2.05) is 30.3 Å². The van der Waals surface area contributed by atoms with Crippen molar-refractivity contribution < 1.29 is 14.3 Å². The van der Waals surface area contributed by atoms with E-state index in [-0.39, 0.29) is 18.2 Å². The van der Waals surface area contributed by atoms with Gasteiger partial charge in [-0.15, -0.1) is 0 Å². The van der Waals surface area contributed by atoms with Crippen LogP contribution in [0.5, 0.6) is 0 Å². The number of hydrogen-bond donors (Lipinski definition) is 1. The number of nitrogens with one attached hydrogen (secondary N) is 1. The molecule has 0 bridgehead atoms. The number of amides is 1. The fourth-order valence-corrected chi connectivity index (χ4v) is 4.03. The van der Waals surface area contributed by atoms with Crippen LogP contribution < -0.4 is 5.32 Å². The average molecular weight is 441 g/mol. The van der Waals surface area contributed by atoms with Gasteiger partial charge < -0.3 is 4.74 Å². The van der Waals surface area contributed by atoms with Gasteiger partial charge in [0, 0.05) is 10.6 Å². The number of esters is 1. The zero-order chi connectivity index (χ0) is 21.1. The lowest BCUT2D eigenvalue weighted by Gasteiger charge is -2.04. The highest BCUT2D eigenvalue weighted by Gasteiger charge is 2.23. The summed E-state index contributed by atoms with van der Waals surface area (Å²) in [6.45, 7) is 2.41. The van der Waals surface area contributed by atoms with Crippen molar-refractivity contribution >= 4 is 50.3 Å². The number of thiazole rings is 1. The molecule has 1 amide bonds. The standard InChI is InChI=1S/C21H17ClN4O3S/c1-2-29-20(28)16-17-18(26(25-16)12-13-7-4-3-5-8-13)23-21(30-17)24-19(27)14-9-6-10-15(22)11-14/h3-11H,2,12H2,1H3,(H,23,24,27). The van der Waals surface area contributed by atoms with Gasteiger partial charge in [-0.25, -0.2) is 9.48 Å². The highest BCUT2D eigenvalue weighted by Crippen LogP contribution is 2.30. The number of aromatic nitrogens is 3. The van der Waals surface area contributed by atoms with Crippen LogP contribution in [0, 0.1) is 0 Å². The fraction of sp³-hybridized carbons (Fsp3) is 0.143. The van der Waals surface area contributed by atoms with Crippen LogP contribution in [0.1, 0.15) is 33.3 Å². The Bertz CT molecular complexity index is 1220. The highest BCUT2D eigenvalue weighted by molar-refractivity contribution is 7.22. The lowest BCUT2D eigenvalue weighted by Crippen LogP contribution is -2.12. The van der Waals surface area contributed by atoms with Crippen LogP contribution >= 0.6 is 22.9 Å². The number of carbonyl (C=O) groups excluding carboxylic acids is 2. The molecule has 0 spiro atoms. The molecule has 0 unspecified atom stereocenters. The minimum absolute atomic E-state index is 0.184. The molecule has 2 heterocycles. The summed E-state index contributed by atoms with van der Waals surface area (Å²) in [4.78, 5) is 29.4. The molecule has 9 heteroatoms. The number of nitrogens with zero attached hydrogens (tertiary/aromatic N) is 3. The first-order valence-electron chi connectivity index (χ1n) is 9.20. The Morgan fingerprint density at radius 2 is 1.97 bits per heavy atom. The Hall–Kier alpha value is -3.23. The first kappa shape index (κ1) is 20.1. The van der Waals surface area contributed by atoms with Crippen molar-refractivity contribution in [2.75, 3.05) is 11.9 Å². The Labute approximate surface area is 181 Å². The van der Waals surface area contributed by atoms with Crippen LogP contribution in [0.25, 0.3) is 10.3 Å². The fourth-order valence-electron chi connectivity index (χ4n) is 2.91. The zero-order valence-corrected chi connectivity index (χ0v) is 17.5. The highest BCUT2D eigenvalue weighted by atomic mass is 35.5. The maximum absolute atomic E-state index is 12.5. The molecule has 0 saturated heterocycles. The number of hydrogen-bond acceptors (Lipinski definition) is 6. The lowest BCUT2D eigenvalue weighted by atomic mass is 10.2. The lowest BCUT2D eigenvalue weighted by molar-refractivity contribution is 0.0520. The first-order valence-corrected chi connectivity index (χ1v) is 10.4.